The van der Waals surface area contributed by atoms with E-state index in [9.17, 15) is 0 Å². The fraction of sp³-hybridized carbons (Fsp3) is 0.667. The lowest BCUT2D eigenvalue weighted by Gasteiger charge is -2.90. The topological polar surface area (TPSA) is 0 Å². The summed E-state index contributed by atoms with van der Waals surface area (Å²) >= 11 is 0. The Balaban J connectivity index is 1.39. The first-order valence-corrected chi connectivity index (χ1v) is 12.3. The van der Waals surface area contributed by atoms with Crippen molar-refractivity contribution in [2.24, 2.45) is 39.9 Å². The van der Waals surface area contributed by atoms with Crippen LogP contribution in [0.3, 0.4) is 0 Å². The van der Waals surface area contributed by atoms with E-state index in [0.717, 1.165) is 39.9 Å². The Morgan fingerprint density at radius 1 is 1.00 bits per heavy atom. The van der Waals surface area contributed by atoms with Gasteiger partial charge in [0.2, 0.25) is 0 Å². The van der Waals surface area contributed by atoms with Gasteiger partial charge in [-0.2, -0.15) is 0 Å². The van der Waals surface area contributed by atoms with Crippen molar-refractivity contribution in [2.75, 3.05) is 0 Å². The van der Waals surface area contributed by atoms with Crippen LogP contribution < -0.4 is 5.19 Å². The molecule has 0 heterocycles. The Labute approximate surface area is 154 Å². The van der Waals surface area contributed by atoms with E-state index in [2.05, 4.69) is 43.5 Å². The van der Waals surface area contributed by atoms with Crippen LogP contribution in [0.1, 0.15) is 57.4 Å². The summed E-state index contributed by atoms with van der Waals surface area (Å²) in [5.41, 5.74) is 6.94. The van der Waals surface area contributed by atoms with Gasteiger partial charge in [-0.05, 0) is 95.8 Å². The highest BCUT2D eigenvalue weighted by Gasteiger charge is 2.86. The highest BCUT2D eigenvalue weighted by atomic mass is 28.2. The molecule has 0 amide bonds. The smallest absolute Gasteiger partial charge is 0.0779 e. The van der Waals surface area contributed by atoms with Crippen LogP contribution in [0.5, 0.6) is 0 Å². The van der Waals surface area contributed by atoms with Crippen molar-refractivity contribution in [3.05, 3.63) is 42.1 Å². The number of benzene rings is 1. The molecule has 1 heteroatoms. The van der Waals surface area contributed by atoms with Crippen LogP contribution in [0.15, 0.2) is 36.5 Å². The second-order valence-electron chi connectivity index (χ2n) is 11.5. The van der Waals surface area contributed by atoms with Gasteiger partial charge in [0.25, 0.3) is 0 Å². The zero-order valence-electron chi connectivity index (χ0n) is 15.6. The van der Waals surface area contributed by atoms with Gasteiger partial charge in [-0.25, -0.2) is 0 Å². The fourth-order valence-electron chi connectivity index (χ4n) is 10.8. The molecule has 0 saturated heterocycles. The van der Waals surface area contributed by atoms with Crippen LogP contribution in [-0.4, -0.2) is 9.52 Å². The lowest BCUT2D eigenvalue weighted by molar-refractivity contribution is -0.409. The summed E-state index contributed by atoms with van der Waals surface area (Å²) in [5, 5.41) is 1.71. The predicted octanol–water partition coefficient (Wildman–Crippen LogP) is 4.12. The van der Waals surface area contributed by atoms with Crippen molar-refractivity contribution in [2.45, 2.75) is 57.3 Å². The molecule has 4 atom stereocenters. The van der Waals surface area contributed by atoms with Crippen LogP contribution in [0.2, 0.25) is 0 Å². The predicted molar refractivity (Wildman–Crippen MR) is 106 cm³/mol. The van der Waals surface area contributed by atoms with E-state index in [1.165, 1.54) is 0 Å². The average molecular weight is 347 g/mol. The van der Waals surface area contributed by atoms with Crippen molar-refractivity contribution in [3.8, 4) is 0 Å². The molecule has 0 aromatic heterocycles. The first-order valence-electron chi connectivity index (χ1n) is 10.7. The molecule has 2 spiro atoms. The molecule has 9 aliphatic carbocycles. The van der Waals surface area contributed by atoms with E-state index < -0.39 is 0 Å². The van der Waals surface area contributed by atoms with Crippen molar-refractivity contribution in [1.29, 1.82) is 0 Å². The van der Waals surface area contributed by atoms with E-state index in [-0.39, 0.29) is 9.52 Å². The second-order valence-corrected chi connectivity index (χ2v) is 13.2. The van der Waals surface area contributed by atoms with Gasteiger partial charge in [0.05, 0.1) is 9.52 Å². The van der Waals surface area contributed by atoms with Crippen molar-refractivity contribution < 1.29 is 0 Å². The summed E-state index contributed by atoms with van der Waals surface area (Å²) in [6.45, 7) is 6.75. The average Bonchev–Trinajstić information content (AvgIpc) is 2.58. The molecule has 0 N–H and O–H groups in total. The number of rotatable bonds is 3. The van der Waals surface area contributed by atoms with E-state index in [1.807, 2.05) is 0 Å². The third kappa shape index (κ3) is 1.31. The van der Waals surface area contributed by atoms with Crippen LogP contribution in [-0.2, 0) is 5.41 Å². The summed E-state index contributed by atoms with van der Waals surface area (Å²) in [6.07, 6.45) is 11.0. The number of hydrogen-bond donors (Lipinski definition) is 0. The zero-order valence-corrected chi connectivity index (χ0v) is 17.0. The lowest BCUT2D eigenvalue weighted by Crippen LogP contribution is -2.84. The summed E-state index contributed by atoms with van der Waals surface area (Å²) in [6, 6.07) is 9.57. The molecule has 25 heavy (non-hydrogen) atoms. The second kappa shape index (κ2) is 3.88. The van der Waals surface area contributed by atoms with Crippen molar-refractivity contribution >= 4 is 14.7 Å². The third-order valence-electron chi connectivity index (χ3n) is 10.6. The minimum absolute atomic E-state index is 0.288. The molecule has 130 valence electrons. The van der Waals surface area contributed by atoms with Crippen molar-refractivity contribution in [1.82, 2.24) is 0 Å². The Kier molecular flexibility index (Phi) is 2.22. The van der Waals surface area contributed by atoms with E-state index >= 15 is 0 Å². The van der Waals surface area contributed by atoms with Gasteiger partial charge in [-0.3, -0.25) is 0 Å². The monoisotopic (exact) mass is 346 g/mol. The standard InChI is InChI=1S/C24H30Si/c1-3-25-19-7-5-4-6-16(19)22-9-17-15-8-21(2)12-23(17)14-24(13-21,18(15)10-22)20(23)11-22/h3-7,15,17-18,20H,1,8-14,25H2,2H3. The van der Waals surface area contributed by atoms with E-state index in [0.29, 0.717) is 5.41 Å². The van der Waals surface area contributed by atoms with Crippen LogP contribution >= 0.6 is 0 Å². The lowest BCUT2D eigenvalue weighted by atomic mass is 9.14. The largest absolute Gasteiger partial charge is 0.107 e. The minimum Gasteiger partial charge on any atom is -0.107 e. The van der Waals surface area contributed by atoms with Gasteiger partial charge in [-0.1, -0.05) is 36.4 Å². The Morgan fingerprint density at radius 3 is 2.44 bits per heavy atom. The Morgan fingerprint density at radius 2 is 1.72 bits per heavy atom. The van der Waals surface area contributed by atoms with E-state index in [1.54, 1.807) is 55.7 Å². The van der Waals surface area contributed by atoms with Gasteiger partial charge in [0.15, 0.2) is 0 Å². The Hall–Kier alpha value is -0.823. The first-order chi connectivity index (χ1) is 12.0. The third-order valence-corrected chi connectivity index (χ3v) is 11.9. The van der Waals surface area contributed by atoms with Gasteiger partial charge in [-0.15, -0.1) is 12.3 Å². The molecule has 4 unspecified atom stereocenters. The molecule has 8 bridgehead atoms. The highest BCUT2D eigenvalue weighted by Crippen LogP contribution is 2.93. The molecule has 1 aromatic rings. The van der Waals surface area contributed by atoms with E-state index in [4.69, 9.17) is 0 Å². The molecule has 10 rings (SSSR count). The number of hydrogen-bond acceptors (Lipinski definition) is 0. The molecule has 1 aromatic carbocycles. The maximum Gasteiger partial charge on any atom is 0.0779 e. The van der Waals surface area contributed by atoms with Gasteiger partial charge < -0.3 is 0 Å². The molecular formula is C24H30Si. The zero-order chi connectivity index (χ0) is 16.7. The molecule has 9 fully saturated rings. The van der Waals surface area contributed by atoms with Crippen LogP contribution in [0.25, 0.3) is 0 Å². The normalized spacial score (nSPS) is 58.9. The maximum absolute atomic E-state index is 4.09. The van der Waals surface area contributed by atoms with Gasteiger partial charge in [0.1, 0.15) is 0 Å². The minimum atomic E-state index is -0.288. The quantitative estimate of drug-likeness (QED) is 0.722. The molecule has 0 radical (unpaired) electrons. The van der Waals surface area contributed by atoms with Gasteiger partial charge >= 0.3 is 0 Å². The van der Waals surface area contributed by atoms with Crippen molar-refractivity contribution in [3.63, 3.8) is 0 Å². The fourth-order valence-corrected chi connectivity index (χ4v) is 12.1. The van der Waals surface area contributed by atoms with Crippen LogP contribution in [0.4, 0.5) is 0 Å². The summed E-state index contributed by atoms with van der Waals surface area (Å²) < 4.78 is 0. The molecular weight excluding hydrogens is 316 g/mol. The van der Waals surface area contributed by atoms with Crippen LogP contribution in [0, 0.1) is 39.9 Å². The summed E-state index contributed by atoms with van der Waals surface area (Å²) in [7, 11) is -0.288. The molecule has 0 aliphatic heterocycles. The molecule has 0 nitrogen and oxygen atoms in total. The first kappa shape index (κ1) is 14.3. The SMILES string of the molecule is C=C[SiH2]c1ccccc1C12CC3C4CC5(C)CC36CC(C5)(C4C1)C6C2. The summed E-state index contributed by atoms with van der Waals surface area (Å²) in [5.74, 6) is 4.37. The van der Waals surface area contributed by atoms with Gasteiger partial charge in [0, 0.05) is 0 Å². The molecule has 9 saturated carbocycles. The highest BCUT2D eigenvalue weighted by molar-refractivity contribution is 6.59. The maximum atomic E-state index is 4.09. The summed E-state index contributed by atoms with van der Waals surface area (Å²) in [4.78, 5) is 0. The molecule has 9 aliphatic rings. The Bertz CT molecular complexity index is 773.